The van der Waals surface area contributed by atoms with Crippen molar-refractivity contribution in [2.24, 2.45) is 0 Å². The summed E-state index contributed by atoms with van der Waals surface area (Å²) < 4.78 is 48.7. The Bertz CT molecular complexity index is 4180. The maximum atomic E-state index is 14.8. The van der Waals surface area contributed by atoms with E-state index in [1.54, 1.807) is 0 Å². The van der Waals surface area contributed by atoms with Gasteiger partial charge < -0.3 is 9.13 Å². The molecule has 74 heavy (non-hydrogen) atoms. The quantitative estimate of drug-likeness (QED) is 0.160. The molecule has 0 spiro atoms. The summed E-state index contributed by atoms with van der Waals surface area (Å²) in [6.45, 7) is 8.30. The van der Waals surface area contributed by atoms with E-state index >= 15 is 0 Å². The summed E-state index contributed by atoms with van der Waals surface area (Å²) in [5.74, 6) is 0. The van der Waals surface area contributed by atoms with Crippen LogP contribution in [0.15, 0.2) is 200 Å². The number of aromatic nitrogens is 2. The van der Waals surface area contributed by atoms with Crippen LogP contribution in [0.3, 0.4) is 0 Å². The molecule has 2 aromatic heterocycles. The minimum absolute atomic E-state index is 0.105. The summed E-state index contributed by atoms with van der Waals surface area (Å²) in [5.41, 5.74) is 16.7. The van der Waals surface area contributed by atoms with E-state index < -0.39 is 11.7 Å². The average molecular weight is 963 g/mol. The number of hydrogen-bond acceptors (Lipinski definition) is 2. The third-order valence-electron chi connectivity index (χ3n) is 14.4. The van der Waals surface area contributed by atoms with Crippen LogP contribution in [0.1, 0.15) is 38.9 Å². The maximum Gasteiger partial charge on any atom is 0.416 e. The van der Waals surface area contributed by atoms with Gasteiger partial charge in [-0.1, -0.05) is 168 Å². The van der Waals surface area contributed by atoms with Crippen molar-refractivity contribution in [2.75, 3.05) is 0 Å². The maximum absolute atomic E-state index is 14.8. The second-order valence-corrected chi connectivity index (χ2v) is 19.5. The summed E-state index contributed by atoms with van der Waals surface area (Å²) in [6.07, 6.45) is -4.75. The van der Waals surface area contributed by atoms with Gasteiger partial charge in [-0.3, -0.25) is 0 Å². The molecule has 0 atom stereocenters. The number of nitriles is 2. The summed E-state index contributed by atoms with van der Waals surface area (Å²) >= 11 is 0. The van der Waals surface area contributed by atoms with Crippen LogP contribution >= 0.6 is 0 Å². The average Bonchev–Trinajstić information content (AvgIpc) is 3.91. The lowest BCUT2D eigenvalue weighted by Crippen LogP contribution is -2.07. The zero-order chi connectivity index (χ0) is 51.0. The zero-order valence-corrected chi connectivity index (χ0v) is 41.0. The highest BCUT2D eigenvalue weighted by Gasteiger charge is 2.32. The minimum atomic E-state index is -4.75. The number of rotatable bonds is 7. The Labute approximate surface area is 426 Å². The fraction of sp³-hybridized carbons (Fsp3) is 0.0746. The van der Waals surface area contributed by atoms with E-state index in [-0.39, 0.29) is 22.3 Å². The van der Waals surface area contributed by atoms with Crippen molar-refractivity contribution in [2.45, 2.75) is 33.9 Å². The Kier molecular flexibility index (Phi) is 10.9. The van der Waals surface area contributed by atoms with E-state index in [0.29, 0.717) is 11.4 Å². The first-order chi connectivity index (χ1) is 35.8. The van der Waals surface area contributed by atoms with Crippen LogP contribution in [0, 0.1) is 50.4 Å². The van der Waals surface area contributed by atoms with Gasteiger partial charge in [-0.05, 0) is 132 Å². The Balaban J connectivity index is 1.27. The standard InChI is InChI=1S/C67H45F3N4/c1-40-9-5-13-45(25-40)49-17-21-56-57-22-18-50(46-14-6-10-41(2)26-46)33-62(57)73(61(56)32-49)65-36-54(39-72)60(53-29-44(38-71)30-55(31-53)67(68,69)70)37-66(65)74-63-34-51(47-15-7-11-42(3)27-47)19-23-58(63)59-24-20-52(35-64(59)74)48-16-8-12-43(4)28-48/h5-37H,1-4H3. The van der Waals surface area contributed by atoms with Gasteiger partial charge in [-0.25, -0.2) is 0 Å². The van der Waals surface area contributed by atoms with Crippen LogP contribution in [0.5, 0.6) is 0 Å². The molecule has 0 saturated carbocycles. The predicted octanol–water partition coefficient (Wildman–Crippen LogP) is 18.2. The van der Waals surface area contributed by atoms with E-state index in [0.717, 1.165) is 123 Å². The monoisotopic (exact) mass is 962 g/mol. The molecule has 4 nitrogen and oxygen atoms in total. The van der Waals surface area contributed by atoms with Crippen molar-refractivity contribution in [3.8, 4) is 79.1 Å². The Hall–Kier alpha value is -9.43. The number of benzene rings is 10. The molecule has 0 amide bonds. The van der Waals surface area contributed by atoms with E-state index in [4.69, 9.17) is 0 Å². The van der Waals surface area contributed by atoms with Gasteiger partial charge in [0.05, 0.1) is 62.3 Å². The SMILES string of the molecule is Cc1cccc(-c2ccc3c4ccc(-c5cccc(C)c5)cc4n(-c4cc(C#N)c(-c5cc(C#N)cc(C(F)(F)F)c5)cc4-n4c5cc(-c6cccc(C)c6)ccc5c5ccc(-c6cccc(C)c6)cc54)c3c2)c1. The van der Waals surface area contributed by atoms with Gasteiger partial charge in [0.1, 0.15) is 0 Å². The van der Waals surface area contributed by atoms with Crippen LogP contribution in [0.4, 0.5) is 13.2 Å². The number of alkyl halides is 3. The lowest BCUT2D eigenvalue weighted by Gasteiger charge is -2.21. The molecule has 0 aliphatic carbocycles. The van der Waals surface area contributed by atoms with Gasteiger partial charge in [0, 0.05) is 27.1 Å². The molecule has 0 bridgehead atoms. The molecule has 0 aliphatic rings. The zero-order valence-electron chi connectivity index (χ0n) is 41.0. The Morgan fingerprint density at radius 3 is 1.03 bits per heavy atom. The summed E-state index contributed by atoms with van der Waals surface area (Å²) in [5, 5.41) is 25.4. The third kappa shape index (κ3) is 7.96. The Morgan fingerprint density at radius 2 is 0.703 bits per heavy atom. The molecule has 354 valence electrons. The number of hydrogen-bond donors (Lipinski definition) is 0. The molecule has 0 saturated heterocycles. The van der Waals surface area contributed by atoms with E-state index in [9.17, 15) is 23.7 Å². The second-order valence-electron chi connectivity index (χ2n) is 19.5. The molecule has 12 aromatic rings. The molecule has 0 N–H and O–H groups in total. The molecule has 2 heterocycles. The first-order valence-corrected chi connectivity index (χ1v) is 24.5. The second kappa shape index (κ2) is 17.7. The van der Waals surface area contributed by atoms with Crippen LogP contribution in [0.2, 0.25) is 0 Å². The van der Waals surface area contributed by atoms with E-state index in [1.165, 1.54) is 6.07 Å². The highest BCUT2D eigenvalue weighted by atomic mass is 19.4. The topological polar surface area (TPSA) is 57.4 Å². The van der Waals surface area contributed by atoms with Gasteiger partial charge in [-0.2, -0.15) is 23.7 Å². The van der Waals surface area contributed by atoms with Crippen molar-refractivity contribution in [1.29, 1.82) is 10.5 Å². The normalized spacial score (nSPS) is 11.7. The summed E-state index contributed by atoms with van der Waals surface area (Å²) in [6, 6.07) is 70.9. The van der Waals surface area contributed by atoms with Crippen molar-refractivity contribution in [3.05, 3.63) is 239 Å². The van der Waals surface area contributed by atoms with Crippen LogP contribution in [0.25, 0.3) is 111 Å². The van der Waals surface area contributed by atoms with Crippen LogP contribution < -0.4 is 0 Å². The number of aryl methyl sites for hydroxylation is 4. The highest BCUT2D eigenvalue weighted by Crippen LogP contribution is 2.45. The van der Waals surface area contributed by atoms with Gasteiger partial charge >= 0.3 is 6.18 Å². The van der Waals surface area contributed by atoms with Crippen molar-refractivity contribution in [1.82, 2.24) is 9.13 Å². The first kappa shape index (κ1) is 45.7. The van der Waals surface area contributed by atoms with Crippen molar-refractivity contribution < 1.29 is 13.2 Å². The van der Waals surface area contributed by atoms with Gasteiger partial charge in [0.25, 0.3) is 0 Å². The molecule has 0 fully saturated rings. The molecule has 12 rings (SSSR count). The number of fused-ring (bicyclic) bond motifs is 6. The fourth-order valence-electron chi connectivity index (χ4n) is 10.9. The molecule has 0 radical (unpaired) electrons. The van der Waals surface area contributed by atoms with Gasteiger partial charge in [-0.15, -0.1) is 0 Å². The molecule has 0 aliphatic heterocycles. The number of nitrogens with zero attached hydrogens (tertiary/aromatic N) is 4. The fourth-order valence-corrected chi connectivity index (χ4v) is 10.9. The van der Waals surface area contributed by atoms with Gasteiger partial charge in [0.15, 0.2) is 0 Å². The predicted molar refractivity (Wildman–Crippen MR) is 296 cm³/mol. The lowest BCUT2D eigenvalue weighted by molar-refractivity contribution is -0.137. The van der Waals surface area contributed by atoms with E-state index in [1.807, 2.05) is 30.3 Å². The minimum Gasteiger partial charge on any atom is -0.307 e. The van der Waals surface area contributed by atoms with Crippen LogP contribution in [-0.2, 0) is 6.18 Å². The van der Waals surface area contributed by atoms with E-state index in [2.05, 4.69) is 201 Å². The largest absolute Gasteiger partial charge is 0.416 e. The summed E-state index contributed by atoms with van der Waals surface area (Å²) in [7, 11) is 0. The third-order valence-corrected chi connectivity index (χ3v) is 14.4. The molecule has 0 unspecified atom stereocenters. The van der Waals surface area contributed by atoms with Crippen molar-refractivity contribution in [3.63, 3.8) is 0 Å². The molecule has 10 aromatic carbocycles. The Morgan fingerprint density at radius 1 is 0.351 bits per heavy atom. The number of halogens is 3. The highest BCUT2D eigenvalue weighted by molar-refractivity contribution is 6.14. The molecular formula is C67H45F3N4. The van der Waals surface area contributed by atoms with Crippen molar-refractivity contribution >= 4 is 43.6 Å². The van der Waals surface area contributed by atoms with Gasteiger partial charge in [0.2, 0.25) is 0 Å². The molecular weight excluding hydrogens is 918 g/mol. The lowest BCUT2D eigenvalue weighted by atomic mass is 9.94. The first-order valence-electron chi connectivity index (χ1n) is 24.5. The smallest absolute Gasteiger partial charge is 0.307 e. The summed E-state index contributed by atoms with van der Waals surface area (Å²) in [4.78, 5) is 0. The molecule has 7 heteroatoms. The van der Waals surface area contributed by atoms with Crippen LogP contribution in [-0.4, -0.2) is 9.13 Å².